The van der Waals surface area contributed by atoms with Crippen LogP contribution in [0, 0.1) is 0 Å². The van der Waals surface area contributed by atoms with E-state index in [1.165, 1.54) is 0 Å². The van der Waals surface area contributed by atoms with Gasteiger partial charge in [0.25, 0.3) is 0 Å². The van der Waals surface area contributed by atoms with Crippen molar-refractivity contribution in [2.75, 3.05) is 11.9 Å². The van der Waals surface area contributed by atoms with Crippen molar-refractivity contribution < 1.29 is 0 Å². The molecule has 0 spiro atoms. The van der Waals surface area contributed by atoms with Crippen LogP contribution in [0.5, 0.6) is 0 Å². The highest BCUT2D eigenvalue weighted by molar-refractivity contribution is 5.40. The molecule has 0 aliphatic heterocycles. The standard InChI is InChI=1S/C12H13N3/c1-2-7-14-11(3-1)6-10-15-12-4-8-13-9-5-12/h1-5,7-9H,6,10H2,(H,13,15). The summed E-state index contributed by atoms with van der Waals surface area (Å²) in [5.41, 5.74) is 2.21. The zero-order valence-electron chi connectivity index (χ0n) is 8.43. The van der Waals surface area contributed by atoms with Crippen LogP contribution >= 0.6 is 0 Å². The van der Waals surface area contributed by atoms with Crippen molar-refractivity contribution in [3.05, 3.63) is 54.6 Å². The van der Waals surface area contributed by atoms with Gasteiger partial charge in [-0.25, -0.2) is 0 Å². The third-order valence-corrected chi connectivity index (χ3v) is 2.12. The van der Waals surface area contributed by atoms with Crippen molar-refractivity contribution >= 4 is 5.69 Å². The van der Waals surface area contributed by atoms with E-state index >= 15 is 0 Å². The molecular weight excluding hydrogens is 186 g/mol. The lowest BCUT2D eigenvalue weighted by Crippen LogP contribution is -2.05. The summed E-state index contributed by atoms with van der Waals surface area (Å²) in [5, 5.41) is 3.31. The van der Waals surface area contributed by atoms with Crippen molar-refractivity contribution in [3.63, 3.8) is 0 Å². The molecular formula is C12H13N3. The van der Waals surface area contributed by atoms with Crippen molar-refractivity contribution in [1.82, 2.24) is 9.97 Å². The molecule has 0 saturated heterocycles. The fourth-order valence-corrected chi connectivity index (χ4v) is 1.35. The smallest absolute Gasteiger partial charge is 0.0421 e. The second-order valence-corrected chi connectivity index (χ2v) is 3.23. The Labute approximate surface area is 89.2 Å². The van der Waals surface area contributed by atoms with E-state index in [0.717, 1.165) is 24.3 Å². The Kier molecular flexibility index (Phi) is 3.28. The van der Waals surface area contributed by atoms with Gasteiger partial charge in [0.05, 0.1) is 0 Å². The number of anilines is 1. The molecule has 1 N–H and O–H groups in total. The molecule has 0 bridgehead atoms. The van der Waals surface area contributed by atoms with Crippen LogP contribution in [0.25, 0.3) is 0 Å². The summed E-state index contributed by atoms with van der Waals surface area (Å²) in [6, 6.07) is 9.89. The van der Waals surface area contributed by atoms with Gasteiger partial charge in [-0.15, -0.1) is 0 Å². The van der Waals surface area contributed by atoms with Crippen LogP contribution in [-0.2, 0) is 6.42 Å². The van der Waals surface area contributed by atoms with Gasteiger partial charge in [0.15, 0.2) is 0 Å². The van der Waals surface area contributed by atoms with E-state index in [9.17, 15) is 0 Å². The molecule has 2 aromatic heterocycles. The molecule has 0 unspecified atom stereocenters. The lowest BCUT2D eigenvalue weighted by Gasteiger charge is -2.04. The van der Waals surface area contributed by atoms with Crippen LogP contribution in [0.2, 0.25) is 0 Å². The van der Waals surface area contributed by atoms with Crippen LogP contribution in [-0.4, -0.2) is 16.5 Å². The van der Waals surface area contributed by atoms with E-state index in [1.54, 1.807) is 12.4 Å². The van der Waals surface area contributed by atoms with E-state index in [1.807, 2.05) is 36.5 Å². The molecule has 15 heavy (non-hydrogen) atoms. The fourth-order valence-electron chi connectivity index (χ4n) is 1.35. The number of hydrogen-bond donors (Lipinski definition) is 1. The van der Waals surface area contributed by atoms with Crippen LogP contribution < -0.4 is 5.32 Å². The van der Waals surface area contributed by atoms with E-state index in [0.29, 0.717) is 0 Å². The second-order valence-electron chi connectivity index (χ2n) is 3.23. The molecule has 0 atom stereocenters. The van der Waals surface area contributed by atoms with Gasteiger partial charge in [0.1, 0.15) is 0 Å². The molecule has 2 rings (SSSR count). The molecule has 0 amide bonds. The van der Waals surface area contributed by atoms with Crippen molar-refractivity contribution in [3.8, 4) is 0 Å². The lowest BCUT2D eigenvalue weighted by atomic mass is 10.2. The molecule has 76 valence electrons. The lowest BCUT2D eigenvalue weighted by molar-refractivity contribution is 0.961. The van der Waals surface area contributed by atoms with Crippen LogP contribution in [0.15, 0.2) is 48.9 Å². The molecule has 0 radical (unpaired) electrons. The molecule has 2 heterocycles. The number of nitrogens with one attached hydrogen (secondary N) is 1. The molecule has 3 nitrogen and oxygen atoms in total. The molecule has 0 aliphatic rings. The van der Waals surface area contributed by atoms with Crippen LogP contribution in [0.3, 0.4) is 0 Å². The predicted octanol–water partition coefficient (Wildman–Crippen LogP) is 2.13. The second kappa shape index (κ2) is 5.10. The Morgan fingerprint density at radius 1 is 1.00 bits per heavy atom. The van der Waals surface area contributed by atoms with Gasteiger partial charge >= 0.3 is 0 Å². The minimum Gasteiger partial charge on any atom is -0.385 e. The quantitative estimate of drug-likeness (QED) is 0.819. The highest BCUT2D eigenvalue weighted by atomic mass is 14.9. The summed E-state index contributed by atoms with van der Waals surface area (Å²) in [5.74, 6) is 0. The topological polar surface area (TPSA) is 37.8 Å². The fraction of sp³-hybridized carbons (Fsp3) is 0.167. The van der Waals surface area contributed by atoms with Gasteiger partial charge in [-0.05, 0) is 24.3 Å². The normalized spacial score (nSPS) is 9.87. The first-order valence-corrected chi connectivity index (χ1v) is 4.99. The minimum absolute atomic E-state index is 0.890. The van der Waals surface area contributed by atoms with Crippen molar-refractivity contribution in [2.24, 2.45) is 0 Å². The Morgan fingerprint density at radius 3 is 2.60 bits per heavy atom. The highest BCUT2D eigenvalue weighted by Crippen LogP contribution is 2.03. The SMILES string of the molecule is c1ccc(CCNc2ccncc2)nc1. The summed E-state index contributed by atoms with van der Waals surface area (Å²) in [4.78, 5) is 8.22. The van der Waals surface area contributed by atoms with Gasteiger partial charge in [-0.1, -0.05) is 6.07 Å². The first-order valence-electron chi connectivity index (χ1n) is 4.99. The van der Waals surface area contributed by atoms with Gasteiger partial charge in [-0.3, -0.25) is 9.97 Å². The van der Waals surface area contributed by atoms with Crippen LogP contribution in [0.1, 0.15) is 5.69 Å². The van der Waals surface area contributed by atoms with Gasteiger partial charge in [0, 0.05) is 42.9 Å². The summed E-state index contributed by atoms with van der Waals surface area (Å²) >= 11 is 0. The average Bonchev–Trinajstić information content (AvgIpc) is 2.32. The predicted molar refractivity (Wildman–Crippen MR) is 60.7 cm³/mol. The summed E-state index contributed by atoms with van der Waals surface area (Å²) < 4.78 is 0. The van der Waals surface area contributed by atoms with Gasteiger partial charge in [-0.2, -0.15) is 0 Å². The molecule has 0 aliphatic carbocycles. The largest absolute Gasteiger partial charge is 0.385 e. The summed E-state index contributed by atoms with van der Waals surface area (Å²) in [7, 11) is 0. The maximum atomic E-state index is 4.26. The number of pyridine rings is 2. The molecule has 2 aromatic rings. The van der Waals surface area contributed by atoms with Gasteiger partial charge in [0.2, 0.25) is 0 Å². The van der Waals surface area contributed by atoms with Crippen molar-refractivity contribution in [1.29, 1.82) is 0 Å². The van der Waals surface area contributed by atoms with Gasteiger partial charge < -0.3 is 5.32 Å². The van der Waals surface area contributed by atoms with E-state index in [-0.39, 0.29) is 0 Å². The first-order chi connectivity index (χ1) is 7.45. The number of aromatic nitrogens is 2. The first kappa shape index (κ1) is 9.65. The monoisotopic (exact) mass is 199 g/mol. The Hall–Kier alpha value is -1.90. The maximum absolute atomic E-state index is 4.26. The summed E-state index contributed by atoms with van der Waals surface area (Å²) in [6.45, 7) is 0.890. The Bertz CT molecular complexity index is 347. The van der Waals surface area contributed by atoms with E-state index in [4.69, 9.17) is 0 Å². The molecule has 0 saturated carbocycles. The average molecular weight is 199 g/mol. The molecule has 0 aromatic carbocycles. The van der Waals surface area contributed by atoms with E-state index in [2.05, 4.69) is 15.3 Å². The Balaban J connectivity index is 1.81. The van der Waals surface area contributed by atoms with Crippen LogP contribution in [0.4, 0.5) is 5.69 Å². The number of rotatable bonds is 4. The Morgan fingerprint density at radius 2 is 1.87 bits per heavy atom. The third kappa shape index (κ3) is 3.06. The zero-order valence-corrected chi connectivity index (χ0v) is 8.43. The number of nitrogens with zero attached hydrogens (tertiary/aromatic N) is 2. The molecule has 3 heteroatoms. The third-order valence-electron chi connectivity index (χ3n) is 2.12. The molecule has 0 fully saturated rings. The minimum atomic E-state index is 0.890. The van der Waals surface area contributed by atoms with E-state index < -0.39 is 0 Å². The summed E-state index contributed by atoms with van der Waals surface area (Å²) in [6.07, 6.45) is 6.32. The highest BCUT2D eigenvalue weighted by Gasteiger charge is 1.93. The maximum Gasteiger partial charge on any atom is 0.0421 e. The van der Waals surface area contributed by atoms with Crippen molar-refractivity contribution in [2.45, 2.75) is 6.42 Å². The zero-order chi connectivity index (χ0) is 10.3. The number of hydrogen-bond acceptors (Lipinski definition) is 3.